The Kier molecular flexibility index (Phi) is 6.50. The van der Waals surface area contributed by atoms with E-state index in [1.807, 2.05) is 36.7 Å². The summed E-state index contributed by atoms with van der Waals surface area (Å²) in [4.78, 5) is 6.56. The molecular formula is C23H29N5O3S. The molecule has 1 fully saturated rings. The van der Waals surface area contributed by atoms with E-state index in [1.165, 1.54) is 19.5 Å². The van der Waals surface area contributed by atoms with Crippen LogP contribution in [-0.2, 0) is 16.8 Å². The lowest BCUT2D eigenvalue weighted by Crippen LogP contribution is -2.29. The third-order valence-electron chi connectivity index (χ3n) is 5.73. The quantitative estimate of drug-likeness (QED) is 0.543. The molecule has 1 unspecified atom stereocenters. The molecule has 1 atom stereocenters. The van der Waals surface area contributed by atoms with Gasteiger partial charge in [-0.05, 0) is 24.6 Å². The van der Waals surface area contributed by atoms with Crippen LogP contribution in [0.1, 0.15) is 12.0 Å². The van der Waals surface area contributed by atoms with E-state index in [2.05, 4.69) is 32.1 Å². The van der Waals surface area contributed by atoms with Gasteiger partial charge in [-0.15, -0.1) is 0 Å². The molecule has 0 amide bonds. The van der Waals surface area contributed by atoms with Crippen LogP contribution in [-0.4, -0.2) is 62.9 Å². The van der Waals surface area contributed by atoms with Gasteiger partial charge in [0.05, 0.1) is 12.8 Å². The molecule has 0 saturated carbocycles. The summed E-state index contributed by atoms with van der Waals surface area (Å²) < 4.78 is 33.9. The van der Waals surface area contributed by atoms with Crippen LogP contribution >= 0.6 is 0 Å². The number of hydrogen-bond acceptors (Lipinski definition) is 6. The molecule has 2 heterocycles. The minimum atomic E-state index is -3.61. The number of ether oxygens (including phenoxy) is 1. The van der Waals surface area contributed by atoms with E-state index < -0.39 is 10.2 Å². The van der Waals surface area contributed by atoms with Gasteiger partial charge in [0.1, 0.15) is 5.75 Å². The zero-order valence-electron chi connectivity index (χ0n) is 18.6. The van der Waals surface area contributed by atoms with Gasteiger partial charge in [0.25, 0.3) is 0 Å². The number of benzene rings is 2. The van der Waals surface area contributed by atoms with Crippen LogP contribution in [0.25, 0.3) is 10.8 Å². The van der Waals surface area contributed by atoms with Gasteiger partial charge in [-0.2, -0.15) is 12.7 Å². The molecule has 0 spiro atoms. The second kappa shape index (κ2) is 9.32. The average molecular weight is 456 g/mol. The molecule has 2 aromatic carbocycles. The summed E-state index contributed by atoms with van der Waals surface area (Å²) in [5.41, 5.74) is 2.51. The fourth-order valence-corrected chi connectivity index (χ4v) is 4.69. The molecule has 170 valence electrons. The van der Waals surface area contributed by atoms with E-state index in [1.54, 1.807) is 13.2 Å². The Balaban J connectivity index is 1.46. The maximum atomic E-state index is 12.3. The number of pyridine rings is 1. The van der Waals surface area contributed by atoms with Gasteiger partial charge in [-0.3, -0.25) is 14.6 Å². The number of likely N-dealkylation sites (tertiary alicyclic amines) is 1. The SMILES string of the molecule is COc1c(CN2CCC(Nc3cccc4cnccc34)C2)cccc1NS(=O)(=O)N(C)C. The van der Waals surface area contributed by atoms with Crippen LogP contribution in [0.5, 0.6) is 5.75 Å². The van der Waals surface area contributed by atoms with Gasteiger partial charge in [0, 0.05) is 74.2 Å². The van der Waals surface area contributed by atoms with E-state index in [9.17, 15) is 8.42 Å². The molecule has 3 aromatic rings. The molecule has 1 aliphatic rings. The Morgan fingerprint density at radius 3 is 2.72 bits per heavy atom. The van der Waals surface area contributed by atoms with Crippen LogP contribution in [0.3, 0.4) is 0 Å². The van der Waals surface area contributed by atoms with Crippen molar-refractivity contribution in [2.75, 3.05) is 44.3 Å². The molecule has 8 nitrogen and oxygen atoms in total. The minimum Gasteiger partial charge on any atom is -0.494 e. The summed E-state index contributed by atoms with van der Waals surface area (Å²) >= 11 is 0. The van der Waals surface area contributed by atoms with Gasteiger partial charge in [-0.1, -0.05) is 24.3 Å². The highest BCUT2D eigenvalue weighted by atomic mass is 32.2. The molecule has 9 heteroatoms. The van der Waals surface area contributed by atoms with Gasteiger partial charge in [0.2, 0.25) is 0 Å². The number of rotatable bonds is 8. The van der Waals surface area contributed by atoms with Crippen LogP contribution in [0.15, 0.2) is 54.9 Å². The van der Waals surface area contributed by atoms with Crippen molar-refractivity contribution in [3.63, 3.8) is 0 Å². The Labute approximate surface area is 189 Å². The normalized spacial score (nSPS) is 17.1. The Morgan fingerprint density at radius 2 is 1.94 bits per heavy atom. The van der Waals surface area contributed by atoms with Crippen molar-refractivity contribution in [1.82, 2.24) is 14.2 Å². The molecule has 0 radical (unpaired) electrons. The first-order valence-electron chi connectivity index (χ1n) is 10.5. The third-order valence-corrected chi connectivity index (χ3v) is 7.17. The fourth-order valence-electron chi connectivity index (χ4n) is 4.06. The van der Waals surface area contributed by atoms with Crippen LogP contribution in [0.2, 0.25) is 0 Å². The van der Waals surface area contributed by atoms with E-state index in [0.717, 1.165) is 40.5 Å². The maximum Gasteiger partial charge on any atom is 0.301 e. The van der Waals surface area contributed by atoms with Crippen molar-refractivity contribution < 1.29 is 13.2 Å². The number of anilines is 2. The topological polar surface area (TPSA) is 86.8 Å². The standard InChI is InChI=1S/C23H29N5O3S/c1-27(2)32(29,30)26-22-9-5-7-18(23(22)31-3)15-28-13-11-19(16-28)25-21-8-4-6-17-14-24-12-10-20(17)21/h4-10,12,14,19,25-26H,11,13,15-16H2,1-3H3. The number of methoxy groups -OCH3 is 1. The van der Waals surface area contributed by atoms with Gasteiger partial charge in [-0.25, -0.2) is 0 Å². The van der Waals surface area contributed by atoms with Crippen molar-refractivity contribution in [3.8, 4) is 5.75 Å². The summed E-state index contributed by atoms with van der Waals surface area (Å²) in [5, 5.41) is 5.97. The molecule has 0 bridgehead atoms. The monoisotopic (exact) mass is 455 g/mol. The average Bonchev–Trinajstić information content (AvgIpc) is 3.20. The number of nitrogens with one attached hydrogen (secondary N) is 2. The fraction of sp³-hybridized carbons (Fsp3) is 0.348. The predicted octanol–water partition coefficient (Wildman–Crippen LogP) is 3.15. The molecular weight excluding hydrogens is 426 g/mol. The zero-order valence-corrected chi connectivity index (χ0v) is 19.4. The van der Waals surface area contributed by atoms with Crippen LogP contribution in [0.4, 0.5) is 11.4 Å². The summed E-state index contributed by atoms with van der Waals surface area (Å²) in [6.07, 6.45) is 4.72. The van der Waals surface area contributed by atoms with Gasteiger partial charge in [0.15, 0.2) is 0 Å². The maximum absolute atomic E-state index is 12.3. The minimum absolute atomic E-state index is 0.329. The van der Waals surface area contributed by atoms with Gasteiger partial charge >= 0.3 is 10.2 Å². The molecule has 4 rings (SSSR count). The van der Waals surface area contributed by atoms with Gasteiger partial charge < -0.3 is 10.1 Å². The summed E-state index contributed by atoms with van der Waals surface area (Å²) in [5.74, 6) is 0.552. The highest BCUT2D eigenvalue weighted by molar-refractivity contribution is 7.90. The summed E-state index contributed by atoms with van der Waals surface area (Å²) in [7, 11) is 0.929. The zero-order chi connectivity index (χ0) is 22.7. The first kappa shape index (κ1) is 22.3. The van der Waals surface area contributed by atoms with Crippen molar-refractivity contribution >= 4 is 32.4 Å². The molecule has 1 aliphatic heterocycles. The lowest BCUT2D eigenvalue weighted by molar-refractivity contribution is 0.319. The molecule has 1 aromatic heterocycles. The lowest BCUT2D eigenvalue weighted by Gasteiger charge is -2.21. The molecule has 1 saturated heterocycles. The van der Waals surface area contributed by atoms with Crippen LogP contribution in [0, 0.1) is 0 Å². The second-order valence-electron chi connectivity index (χ2n) is 8.15. The van der Waals surface area contributed by atoms with Crippen molar-refractivity contribution in [2.45, 2.75) is 19.0 Å². The second-order valence-corrected chi connectivity index (χ2v) is 10.0. The largest absolute Gasteiger partial charge is 0.494 e. The number of aromatic nitrogens is 1. The third kappa shape index (κ3) is 4.79. The van der Waals surface area contributed by atoms with Crippen LogP contribution < -0.4 is 14.8 Å². The molecule has 0 aliphatic carbocycles. The van der Waals surface area contributed by atoms with Crippen molar-refractivity contribution in [2.24, 2.45) is 0 Å². The highest BCUT2D eigenvalue weighted by Crippen LogP contribution is 2.32. The smallest absolute Gasteiger partial charge is 0.301 e. The number of hydrogen-bond donors (Lipinski definition) is 2. The summed E-state index contributed by atoms with van der Waals surface area (Å²) in [6, 6.07) is 14.1. The number of nitrogens with zero attached hydrogens (tertiary/aromatic N) is 3. The molecule has 2 N–H and O–H groups in total. The first-order chi connectivity index (χ1) is 15.4. The number of para-hydroxylation sites is 1. The number of fused-ring (bicyclic) bond motifs is 1. The van der Waals surface area contributed by atoms with E-state index in [4.69, 9.17) is 4.74 Å². The first-order valence-corrected chi connectivity index (χ1v) is 12.0. The highest BCUT2D eigenvalue weighted by Gasteiger charge is 2.25. The Bertz CT molecular complexity index is 1190. The Hall–Kier alpha value is -2.88. The molecule has 32 heavy (non-hydrogen) atoms. The lowest BCUT2D eigenvalue weighted by atomic mass is 10.1. The summed E-state index contributed by atoms with van der Waals surface area (Å²) in [6.45, 7) is 2.51. The van der Waals surface area contributed by atoms with Crippen molar-refractivity contribution in [3.05, 3.63) is 60.4 Å². The van der Waals surface area contributed by atoms with E-state index in [-0.39, 0.29) is 0 Å². The Morgan fingerprint density at radius 1 is 1.16 bits per heavy atom. The van der Waals surface area contributed by atoms with E-state index in [0.29, 0.717) is 24.0 Å². The van der Waals surface area contributed by atoms with Crippen molar-refractivity contribution in [1.29, 1.82) is 0 Å². The predicted molar refractivity (Wildman–Crippen MR) is 128 cm³/mol. The van der Waals surface area contributed by atoms with E-state index >= 15 is 0 Å².